The molecule has 3 rings (SSSR count). The van der Waals surface area contributed by atoms with Crippen LogP contribution in [0.3, 0.4) is 0 Å². The first kappa shape index (κ1) is 15.0. The topological polar surface area (TPSA) is 81.1 Å². The molecule has 118 valence electrons. The van der Waals surface area contributed by atoms with Crippen molar-refractivity contribution in [2.45, 2.75) is 32.4 Å². The summed E-state index contributed by atoms with van der Waals surface area (Å²) < 4.78 is 24.8. The summed E-state index contributed by atoms with van der Waals surface area (Å²) in [5.41, 5.74) is 1.80. The molecule has 1 amide bonds. The molecule has 1 aromatic heterocycles. The molecule has 0 aliphatic carbocycles. The maximum absolute atomic E-state index is 12.2. The maximum Gasteiger partial charge on any atom is 0.240 e. The number of carbonyl (C=O) groups is 1. The first-order valence-corrected chi connectivity index (χ1v) is 9.24. The summed E-state index contributed by atoms with van der Waals surface area (Å²) in [6.45, 7) is 2.17. The lowest BCUT2D eigenvalue weighted by atomic mass is 10.2. The van der Waals surface area contributed by atoms with Crippen LogP contribution in [0.1, 0.15) is 19.2 Å². The van der Waals surface area contributed by atoms with E-state index >= 15 is 0 Å². The summed E-state index contributed by atoms with van der Waals surface area (Å²) in [5.74, 6) is 0.895. The fraction of sp³-hybridized carbons (Fsp3) is 0.467. The van der Waals surface area contributed by atoms with E-state index in [2.05, 4.69) is 10.3 Å². The number of sulfone groups is 1. The molecule has 1 unspecified atom stereocenters. The lowest BCUT2D eigenvalue weighted by Crippen LogP contribution is -2.37. The predicted octanol–water partition coefficient (Wildman–Crippen LogP) is 0.902. The van der Waals surface area contributed by atoms with Crippen molar-refractivity contribution in [1.82, 2.24) is 14.9 Å². The van der Waals surface area contributed by atoms with E-state index in [9.17, 15) is 13.2 Å². The monoisotopic (exact) mass is 321 g/mol. The van der Waals surface area contributed by atoms with Crippen LogP contribution in [0.4, 0.5) is 0 Å². The fourth-order valence-corrected chi connectivity index (χ4v) is 4.57. The Morgan fingerprint density at radius 3 is 2.86 bits per heavy atom. The normalized spacial score (nSPS) is 20.3. The van der Waals surface area contributed by atoms with Gasteiger partial charge in [0.1, 0.15) is 12.4 Å². The Labute approximate surface area is 129 Å². The molecule has 0 radical (unpaired) electrons. The highest BCUT2D eigenvalue weighted by Crippen LogP contribution is 2.17. The van der Waals surface area contributed by atoms with Gasteiger partial charge in [0.15, 0.2) is 9.84 Å². The number of para-hydroxylation sites is 2. The Morgan fingerprint density at radius 1 is 1.41 bits per heavy atom. The fourth-order valence-electron chi connectivity index (χ4n) is 2.90. The van der Waals surface area contributed by atoms with Crippen molar-refractivity contribution >= 4 is 26.8 Å². The minimum Gasteiger partial charge on any atom is -0.351 e. The molecule has 0 spiro atoms. The van der Waals surface area contributed by atoms with E-state index in [1.165, 1.54) is 0 Å². The highest BCUT2D eigenvalue weighted by Gasteiger charge is 2.29. The molecule has 1 atom stereocenters. The van der Waals surface area contributed by atoms with E-state index < -0.39 is 9.84 Å². The average molecular weight is 321 g/mol. The number of aromatic nitrogens is 2. The lowest BCUT2D eigenvalue weighted by Gasteiger charge is -2.13. The molecule has 1 aliphatic rings. The molecular formula is C15H19N3O3S. The molecule has 1 aromatic carbocycles. The number of imidazole rings is 1. The van der Waals surface area contributed by atoms with Gasteiger partial charge in [-0.25, -0.2) is 13.4 Å². The van der Waals surface area contributed by atoms with Crippen LogP contribution < -0.4 is 5.32 Å². The van der Waals surface area contributed by atoms with Gasteiger partial charge in [0, 0.05) is 12.5 Å². The standard InChI is InChI=1S/C15H19N3O3S/c1-2-14-17-12-5-3-4-6-13(12)18(14)9-15(19)16-11-7-8-22(20,21)10-11/h3-6,11H,2,7-10H2,1H3,(H,16,19). The van der Waals surface area contributed by atoms with Gasteiger partial charge in [-0.15, -0.1) is 0 Å². The predicted molar refractivity (Wildman–Crippen MR) is 84.3 cm³/mol. The molecule has 1 saturated heterocycles. The van der Waals surface area contributed by atoms with Crippen LogP contribution >= 0.6 is 0 Å². The highest BCUT2D eigenvalue weighted by atomic mass is 32.2. The van der Waals surface area contributed by atoms with Crippen LogP contribution in [0.5, 0.6) is 0 Å². The van der Waals surface area contributed by atoms with E-state index in [1.807, 2.05) is 35.8 Å². The zero-order chi connectivity index (χ0) is 15.7. The second-order valence-electron chi connectivity index (χ2n) is 5.62. The third-order valence-corrected chi connectivity index (χ3v) is 5.72. The summed E-state index contributed by atoms with van der Waals surface area (Å²) in [4.78, 5) is 16.8. The van der Waals surface area contributed by atoms with Crippen LogP contribution in [0.15, 0.2) is 24.3 Å². The van der Waals surface area contributed by atoms with Gasteiger partial charge >= 0.3 is 0 Å². The number of aryl methyl sites for hydroxylation is 1. The number of hydrogen-bond donors (Lipinski definition) is 1. The van der Waals surface area contributed by atoms with Crippen LogP contribution in [0.25, 0.3) is 11.0 Å². The molecule has 1 N–H and O–H groups in total. The largest absolute Gasteiger partial charge is 0.351 e. The van der Waals surface area contributed by atoms with Crippen molar-refractivity contribution in [3.63, 3.8) is 0 Å². The third kappa shape index (κ3) is 2.99. The number of fused-ring (bicyclic) bond motifs is 1. The van der Waals surface area contributed by atoms with Crippen molar-refractivity contribution in [1.29, 1.82) is 0 Å². The Kier molecular flexibility index (Phi) is 3.90. The van der Waals surface area contributed by atoms with Gasteiger partial charge in [0.2, 0.25) is 5.91 Å². The van der Waals surface area contributed by atoms with E-state index in [4.69, 9.17) is 0 Å². The van der Waals surface area contributed by atoms with Crippen LogP contribution in [-0.2, 0) is 27.6 Å². The Bertz CT molecular complexity index is 811. The molecule has 6 nitrogen and oxygen atoms in total. The van der Waals surface area contributed by atoms with Crippen LogP contribution in [-0.4, -0.2) is 41.4 Å². The minimum atomic E-state index is -2.98. The lowest BCUT2D eigenvalue weighted by molar-refractivity contribution is -0.122. The quantitative estimate of drug-likeness (QED) is 0.907. The van der Waals surface area contributed by atoms with Crippen LogP contribution in [0, 0.1) is 0 Å². The first-order chi connectivity index (χ1) is 10.5. The summed E-state index contributed by atoms with van der Waals surface area (Å²) in [6, 6.07) is 7.43. The van der Waals surface area contributed by atoms with E-state index in [0.717, 1.165) is 23.3 Å². The summed E-state index contributed by atoms with van der Waals surface area (Å²) >= 11 is 0. The van der Waals surface area contributed by atoms with Gasteiger partial charge in [-0.1, -0.05) is 19.1 Å². The Balaban J connectivity index is 1.77. The van der Waals surface area contributed by atoms with E-state index in [1.54, 1.807) is 0 Å². The number of hydrogen-bond acceptors (Lipinski definition) is 4. The molecule has 22 heavy (non-hydrogen) atoms. The summed E-state index contributed by atoms with van der Waals surface area (Å²) in [5, 5.41) is 2.82. The van der Waals surface area contributed by atoms with Crippen molar-refractivity contribution in [2.75, 3.05) is 11.5 Å². The van der Waals surface area contributed by atoms with Gasteiger partial charge < -0.3 is 9.88 Å². The number of nitrogens with zero attached hydrogens (tertiary/aromatic N) is 2. The summed E-state index contributed by atoms with van der Waals surface area (Å²) in [7, 11) is -2.98. The number of rotatable bonds is 4. The molecular weight excluding hydrogens is 302 g/mol. The zero-order valence-corrected chi connectivity index (χ0v) is 13.3. The van der Waals surface area contributed by atoms with E-state index in [0.29, 0.717) is 6.42 Å². The summed E-state index contributed by atoms with van der Waals surface area (Å²) in [6.07, 6.45) is 1.24. The smallest absolute Gasteiger partial charge is 0.240 e. The van der Waals surface area contributed by atoms with Gasteiger partial charge in [-0.05, 0) is 18.6 Å². The Morgan fingerprint density at radius 2 is 2.18 bits per heavy atom. The third-order valence-electron chi connectivity index (χ3n) is 3.95. The second kappa shape index (κ2) is 5.72. The van der Waals surface area contributed by atoms with Crippen molar-refractivity contribution in [2.24, 2.45) is 0 Å². The molecule has 1 aliphatic heterocycles. The minimum absolute atomic E-state index is 0.0457. The maximum atomic E-state index is 12.2. The van der Waals surface area contributed by atoms with Crippen molar-refractivity contribution < 1.29 is 13.2 Å². The molecule has 2 heterocycles. The van der Waals surface area contributed by atoms with Gasteiger partial charge in [0.25, 0.3) is 0 Å². The second-order valence-corrected chi connectivity index (χ2v) is 7.85. The van der Waals surface area contributed by atoms with Crippen LogP contribution in [0.2, 0.25) is 0 Å². The molecule has 1 fully saturated rings. The highest BCUT2D eigenvalue weighted by molar-refractivity contribution is 7.91. The van der Waals surface area contributed by atoms with E-state index in [-0.39, 0.29) is 30.0 Å². The first-order valence-electron chi connectivity index (χ1n) is 7.42. The molecule has 0 bridgehead atoms. The van der Waals surface area contributed by atoms with Gasteiger partial charge in [0.05, 0.1) is 22.5 Å². The van der Waals surface area contributed by atoms with Gasteiger partial charge in [-0.3, -0.25) is 4.79 Å². The molecule has 7 heteroatoms. The van der Waals surface area contributed by atoms with Crippen molar-refractivity contribution in [3.8, 4) is 0 Å². The average Bonchev–Trinajstić information content (AvgIpc) is 2.99. The Hall–Kier alpha value is -1.89. The molecule has 0 saturated carbocycles. The van der Waals surface area contributed by atoms with Gasteiger partial charge in [-0.2, -0.15) is 0 Å². The van der Waals surface area contributed by atoms with Crippen molar-refractivity contribution in [3.05, 3.63) is 30.1 Å². The number of amides is 1. The SMILES string of the molecule is CCc1nc2ccccc2n1CC(=O)NC1CCS(=O)(=O)C1. The number of nitrogens with one attached hydrogen (secondary N) is 1. The number of carbonyl (C=O) groups excluding carboxylic acids is 1. The molecule has 2 aromatic rings. The zero-order valence-electron chi connectivity index (χ0n) is 12.4. The number of benzene rings is 1.